The van der Waals surface area contributed by atoms with Gasteiger partial charge in [0.1, 0.15) is 0 Å². The fourth-order valence-electron chi connectivity index (χ4n) is 3.12. The third kappa shape index (κ3) is 3.53. The highest BCUT2D eigenvalue weighted by molar-refractivity contribution is 5.78. The first-order chi connectivity index (χ1) is 10.7. The Morgan fingerprint density at radius 1 is 1.45 bits per heavy atom. The number of likely N-dealkylation sites (tertiary alicyclic amines) is 1. The monoisotopic (exact) mass is 298 g/mol. The highest BCUT2D eigenvalue weighted by Crippen LogP contribution is 2.22. The number of H-pyrrole nitrogens is 1. The Hall–Kier alpha value is -2.17. The summed E-state index contributed by atoms with van der Waals surface area (Å²) >= 11 is 0. The second kappa shape index (κ2) is 6.73. The Balaban J connectivity index is 1.58. The van der Waals surface area contributed by atoms with Gasteiger partial charge in [-0.05, 0) is 49.3 Å². The first-order valence-corrected chi connectivity index (χ1v) is 7.88. The van der Waals surface area contributed by atoms with Crippen LogP contribution in [-0.4, -0.2) is 39.1 Å². The lowest BCUT2D eigenvalue weighted by Gasteiger charge is -2.33. The molecular formula is C17H22N4O. The van der Waals surface area contributed by atoms with E-state index in [0.29, 0.717) is 12.3 Å². The maximum Gasteiger partial charge on any atom is 0.227 e. The number of nitrogens with one attached hydrogen (secondary N) is 1. The predicted molar refractivity (Wildman–Crippen MR) is 84.3 cm³/mol. The fraction of sp³-hybridized carbons (Fsp3) is 0.471. The van der Waals surface area contributed by atoms with Crippen LogP contribution in [0.4, 0.5) is 0 Å². The van der Waals surface area contributed by atoms with Gasteiger partial charge in [0, 0.05) is 31.2 Å². The summed E-state index contributed by atoms with van der Waals surface area (Å²) in [5.41, 5.74) is 3.39. The van der Waals surface area contributed by atoms with E-state index in [1.807, 2.05) is 23.2 Å². The van der Waals surface area contributed by atoms with Crippen molar-refractivity contribution in [1.82, 2.24) is 20.1 Å². The third-order valence-electron chi connectivity index (χ3n) is 4.38. The van der Waals surface area contributed by atoms with Crippen molar-refractivity contribution in [2.24, 2.45) is 5.92 Å². The van der Waals surface area contributed by atoms with Crippen LogP contribution in [-0.2, 0) is 17.6 Å². The first kappa shape index (κ1) is 14.8. The number of pyridine rings is 1. The zero-order chi connectivity index (χ0) is 15.4. The molecule has 2 aromatic rings. The molecule has 3 heterocycles. The van der Waals surface area contributed by atoms with Gasteiger partial charge in [0.15, 0.2) is 0 Å². The van der Waals surface area contributed by atoms with E-state index in [4.69, 9.17) is 0 Å². The maximum atomic E-state index is 12.5. The fourth-order valence-corrected chi connectivity index (χ4v) is 3.12. The van der Waals surface area contributed by atoms with Gasteiger partial charge < -0.3 is 4.90 Å². The average molecular weight is 298 g/mol. The Kier molecular flexibility index (Phi) is 4.51. The van der Waals surface area contributed by atoms with Crippen LogP contribution in [0.5, 0.6) is 0 Å². The summed E-state index contributed by atoms with van der Waals surface area (Å²) in [5.74, 6) is 0.727. The van der Waals surface area contributed by atoms with Gasteiger partial charge in [0.05, 0.1) is 12.6 Å². The number of aromatic nitrogens is 3. The van der Waals surface area contributed by atoms with E-state index in [2.05, 4.69) is 22.1 Å². The quantitative estimate of drug-likeness (QED) is 0.940. The summed E-state index contributed by atoms with van der Waals surface area (Å²) in [5, 5.41) is 7.16. The lowest BCUT2D eigenvalue weighted by molar-refractivity contribution is -0.132. The van der Waals surface area contributed by atoms with Gasteiger partial charge in [-0.1, -0.05) is 6.07 Å². The number of piperidine rings is 1. The average Bonchev–Trinajstić information content (AvgIpc) is 2.94. The molecule has 1 amide bonds. The Bertz CT molecular complexity index is 623. The van der Waals surface area contributed by atoms with Gasteiger partial charge in [-0.3, -0.25) is 14.9 Å². The zero-order valence-corrected chi connectivity index (χ0v) is 13.0. The number of amides is 1. The van der Waals surface area contributed by atoms with Gasteiger partial charge in [-0.2, -0.15) is 5.10 Å². The summed E-state index contributed by atoms with van der Waals surface area (Å²) < 4.78 is 0. The molecule has 0 radical (unpaired) electrons. The number of aromatic amines is 1. The lowest BCUT2D eigenvalue weighted by Crippen LogP contribution is -2.41. The third-order valence-corrected chi connectivity index (χ3v) is 4.38. The molecule has 0 aliphatic carbocycles. The number of carbonyl (C=O) groups excluding carboxylic acids is 1. The first-order valence-electron chi connectivity index (χ1n) is 7.88. The number of hydrogen-bond donors (Lipinski definition) is 1. The van der Waals surface area contributed by atoms with E-state index < -0.39 is 0 Å². The Labute approximate surface area is 130 Å². The maximum absolute atomic E-state index is 12.5. The molecule has 1 saturated heterocycles. The van der Waals surface area contributed by atoms with Crippen molar-refractivity contribution in [2.45, 2.75) is 32.6 Å². The highest BCUT2D eigenvalue weighted by atomic mass is 16.2. The van der Waals surface area contributed by atoms with Gasteiger partial charge in [-0.15, -0.1) is 0 Å². The van der Waals surface area contributed by atoms with Gasteiger partial charge >= 0.3 is 0 Å². The predicted octanol–water partition coefficient (Wildman–Crippen LogP) is 2.14. The van der Waals surface area contributed by atoms with E-state index in [1.54, 1.807) is 12.4 Å². The molecule has 5 nitrogen and oxygen atoms in total. The largest absolute Gasteiger partial charge is 0.342 e. The molecule has 1 atom stereocenters. The second-order valence-corrected chi connectivity index (χ2v) is 6.12. The van der Waals surface area contributed by atoms with Crippen molar-refractivity contribution < 1.29 is 4.79 Å². The van der Waals surface area contributed by atoms with Crippen molar-refractivity contribution in [1.29, 1.82) is 0 Å². The molecule has 1 aliphatic heterocycles. The van der Waals surface area contributed by atoms with Crippen LogP contribution in [0, 0.1) is 12.8 Å². The molecule has 0 spiro atoms. The zero-order valence-electron chi connectivity index (χ0n) is 13.0. The van der Waals surface area contributed by atoms with Crippen LogP contribution < -0.4 is 0 Å². The van der Waals surface area contributed by atoms with E-state index in [0.717, 1.165) is 31.5 Å². The van der Waals surface area contributed by atoms with Crippen LogP contribution in [0.25, 0.3) is 0 Å². The number of nitrogens with zero attached hydrogens (tertiary/aromatic N) is 3. The SMILES string of the molecule is Cc1cn[nH]c1C[C@H]1CCCN(C(=O)Cc2cccnc2)C1. The summed E-state index contributed by atoms with van der Waals surface area (Å²) in [6, 6.07) is 3.84. The Morgan fingerprint density at radius 3 is 3.09 bits per heavy atom. The van der Waals surface area contributed by atoms with Crippen LogP contribution in [0.3, 0.4) is 0 Å². The molecule has 22 heavy (non-hydrogen) atoms. The summed E-state index contributed by atoms with van der Waals surface area (Å²) in [6.07, 6.45) is 9.05. The van der Waals surface area contributed by atoms with Gasteiger partial charge in [0.2, 0.25) is 5.91 Å². The van der Waals surface area contributed by atoms with Crippen LogP contribution in [0.1, 0.15) is 29.7 Å². The number of aryl methyl sites for hydroxylation is 1. The molecule has 1 N–H and O–H groups in total. The number of carbonyl (C=O) groups is 1. The molecule has 5 heteroatoms. The van der Waals surface area contributed by atoms with Crippen LogP contribution >= 0.6 is 0 Å². The molecule has 1 aliphatic rings. The number of rotatable bonds is 4. The Morgan fingerprint density at radius 2 is 2.36 bits per heavy atom. The van der Waals surface area contributed by atoms with Crippen molar-refractivity contribution in [3.63, 3.8) is 0 Å². The molecule has 116 valence electrons. The van der Waals surface area contributed by atoms with E-state index in [9.17, 15) is 4.79 Å². The summed E-state index contributed by atoms with van der Waals surface area (Å²) in [7, 11) is 0. The topological polar surface area (TPSA) is 61.9 Å². The van der Waals surface area contributed by atoms with E-state index >= 15 is 0 Å². The molecule has 0 bridgehead atoms. The minimum absolute atomic E-state index is 0.207. The number of hydrogen-bond acceptors (Lipinski definition) is 3. The van der Waals surface area contributed by atoms with E-state index in [1.165, 1.54) is 17.7 Å². The smallest absolute Gasteiger partial charge is 0.227 e. The van der Waals surface area contributed by atoms with Crippen molar-refractivity contribution in [2.75, 3.05) is 13.1 Å². The molecular weight excluding hydrogens is 276 g/mol. The van der Waals surface area contributed by atoms with Crippen molar-refractivity contribution >= 4 is 5.91 Å². The molecule has 0 aromatic carbocycles. The van der Waals surface area contributed by atoms with Crippen LogP contribution in [0.15, 0.2) is 30.7 Å². The molecule has 0 saturated carbocycles. The van der Waals surface area contributed by atoms with Crippen LogP contribution in [0.2, 0.25) is 0 Å². The highest BCUT2D eigenvalue weighted by Gasteiger charge is 2.24. The normalized spacial score (nSPS) is 18.4. The molecule has 1 fully saturated rings. The summed E-state index contributed by atoms with van der Waals surface area (Å²) in [4.78, 5) is 18.5. The minimum atomic E-state index is 0.207. The second-order valence-electron chi connectivity index (χ2n) is 6.12. The molecule has 2 aromatic heterocycles. The van der Waals surface area contributed by atoms with Gasteiger partial charge in [-0.25, -0.2) is 0 Å². The van der Waals surface area contributed by atoms with Crippen molar-refractivity contribution in [3.05, 3.63) is 47.5 Å². The van der Waals surface area contributed by atoms with Gasteiger partial charge in [0.25, 0.3) is 0 Å². The summed E-state index contributed by atoms with van der Waals surface area (Å²) in [6.45, 7) is 3.79. The van der Waals surface area contributed by atoms with E-state index in [-0.39, 0.29) is 5.91 Å². The standard InChI is InChI=1S/C17H22N4O/c1-13-10-19-20-16(13)8-15-5-3-7-21(12-15)17(22)9-14-4-2-6-18-11-14/h2,4,6,10-11,15H,3,5,7-9,12H2,1H3,(H,19,20)/t15-/m1/s1. The van der Waals surface area contributed by atoms with Crippen molar-refractivity contribution in [3.8, 4) is 0 Å². The lowest BCUT2D eigenvalue weighted by atomic mass is 9.92. The minimum Gasteiger partial charge on any atom is -0.342 e. The molecule has 0 unspecified atom stereocenters. The molecule has 3 rings (SSSR count).